The summed E-state index contributed by atoms with van der Waals surface area (Å²) < 4.78 is 12.2. The summed E-state index contributed by atoms with van der Waals surface area (Å²) in [6.07, 6.45) is -0.176. The zero-order chi connectivity index (χ0) is 20.5. The average molecular weight is 393 g/mol. The Morgan fingerprint density at radius 3 is 2.23 bits per heavy atom. The first-order chi connectivity index (χ1) is 14.8. The van der Waals surface area contributed by atoms with E-state index >= 15 is 0 Å². The molecule has 4 aromatic carbocycles. The number of ether oxygens (including phenoxy) is 2. The van der Waals surface area contributed by atoms with Crippen LogP contribution < -0.4 is 14.4 Å². The molecule has 0 amide bonds. The molecule has 148 valence electrons. The minimum Gasteiger partial charge on any atom is -0.496 e. The van der Waals surface area contributed by atoms with Crippen LogP contribution in [0.4, 0.5) is 11.4 Å². The molecule has 4 aromatic rings. The van der Waals surface area contributed by atoms with Crippen LogP contribution in [0.5, 0.6) is 11.5 Å². The SMILES string of the molecule is COc1cccc2c1-c1ccc(N(C)c3ccccc3)cc1C(c1ccccc1)O2. The molecule has 0 N–H and O–H groups in total. The Hall–Kier alpha value is -3.72. The zero-order valence-electron chi connectivity index (χ0n) is 17.1. The predicted molar refractivity (Wildman–Crippen MR) is 122 cm³/mol. The van der Waals surface area contributed by atoms with Crippen LogP contribution in [-0.2, 0) is 0 Å². The van der Waals surface area contributed by atoms with Crippen molar-refractivity contribution >= 4 is 11.4 Å². The van der Waals surface area contributed by atoms with Crippen LogP contribution in [0.1, 0.15) is 17.2 Å². The van der Waals surface area contributed by atoms with E-state index < -0.39 is 0 Å². The highest BCUT2D eigenvalue weighted by atomic mass is 16.5. The molecule has 1 unspecified atom stereocenters. The van der Waals surface area contributed by atoms with Gasteiger partial charge in [-0.2, -0.15) is 0 Å². The van der Waals surface area contributed by atoms with E-state index in [1.165, 1.54) is 0 Å². The molecule has 0 fully saturated rings. The maximum atomic E-state index is 6.53. The lowest BCUT2D eigenvalue weighted by Gasteiger charge is -2.31. The van der Waals surface area contributed by atoms with Gasteiger partial charge in [0.2, 0.25) is 0 Å². The normalized spacial score (nSPS) is 14.3. The van der Waals surface area contributed by atoms with E-state index in [1.807, 2.05) is 30.3 Å². The maximum Gasteiger partial charge on any atom is 0.150 e. The number of anilines is 2. The average Bonchev–Trinajstić information content (AvgIpc) is 2.83. The van der Waals surface area contributed by atoms with Gasteiger partial charge >= 0.3 is 0 Å². The van der Waals surface area contributed by atoms with Crippen LogP contribution in [0, 0.1) is 0 Å². The van der Waals surface area contributed by atoms with Crippen LogP contribution in [-0.4, -0.2) is 14.2 Å². The van der Waals surface area contributed by atoms with Crippen molar-refractivity contribution in [2.75, 3.05) is 19.1 Å². The fourth-order valence-electron chi connectivity index (χ4n) is 4.11. The lowest BCUT2D eigenvalue weighted by molar-refractivity contribution is 0.242. The Labute approximate surface area is 177 Å². The van der Waals surface area contributed by atoms with E-state index in [2.05, 4.69) is 78.7 Å². The minimum absolute atomic E-state index is 0.176. The summed E-state index contributed by atoms with van der Waals surface area (Å²) in [5.41, 5.74) is 6.68. The monoisotopic (exact) mass is 393 g/mol. The van der Waals surface area contributed by atoms with E-state index in [0.29, 0.717) is 0 Å². The first kappa shape index (κ1) is 18.3. The summed E-state index contributed by atoms with van der Waals surface area (Å²) in [5, 5.41) is 0. The molecule has 0 spiro atoms. The smallest absolute Gasteiger partial charge is 0.150 e. The molecule has 0 bridgehead atoms. The largest absolute Gasteiger partial charge is 0.496 e. The second kappa shape index (κ2) is 7.60. The molecule has 0 aliphatic carbocycles. The second-order valence-electron chi connectivity index (χ2n) is 7.41. The second-order valence-corrected chi connectivity index (χ2v) is 7.41. The molecule has 0 aromatic heterocycles. The molecular formula is C27H23NO2. The van der Waals surface area contributed by atoms with E-state index in [4.69, 9.17) is 9.47 Å². The Bertz CT molecular complexity index is 1170. The van der Waals surface area contributed by atoms with Crippen LogP contribution in [0.15, 0.2) is 97.1 Å². The Kier molecular flexibility index (Phi) is 4.64. The van der Waals surface area contributed by atoms with Crippen molar-refractivity contribution in [1.29, 1.82) is 0 Å². The molecule has 1 heterocycles. The summed E-state index contributed by atoms with van der Waals surface area (Å²) in [6, 6.07) is 33.3. The molecule has 0 radical (unpaired) electrons. The Morgan fingerprint density at radius 1 is 0.767 bits per heavy atom. The van der Waals surface area contributed by atoms with Crippen molar-refractivity contribution in [2.45, 2.75) is 6.10 Å². The summed E-state index contributed by atoms with van der Waals surface area (Å²) in [6.45, 7) is 0. The first-order valence-corrected chi connectivity index (χ1v) is 10.1. The van der Waals surface area contributed by atoms with Crippen LogP contribution in [0.3, 0.4) is 0 Å². The number of hydrogen-bond acceptors (Lipinski definition) is 3. The summed E-state index contributed by atoms with van der Waals surface area (Å²) in [4.78, 5) is 2.19. The van der Waals surface area contributed by atoms with Crippen molar-refractivity contribution in [3.63, 3.8) is 0 Å². The summed E-state index contributed by atoms with van der Waals surface area (Å²) in [5.74, 6) is 1.67. The lowest BCUT2D eigenvalue weighted by Crippen LogP contribution is -2.17. The molecule has 5 rings (SSSR count). The highest BCUT2D eigenvalue weighted by Crippen LogP contribution is 2.49. The van der Waals surface area contributed by atoms with Gasteiger partial charge in [0.25, 0.3) is 0 Å². The Balaban J connectivity index is 1.69. The van der Waals surface area contributed by atoms with E-state index in [9.17, 15) is 0 Å². The van der Waals surface area contributed by atoms with Gasteiger partial charge in [-0.05, 0) is 47.5 Å². The molecule has 3 heteroatoms. The Morgan fingerprint density at radius 2 is 1.50 bits per heavy atom. The van der Waals surface area contributed by atoms with Crippen molar-refractivity contribution in [1.82, 2.24) is 0 Å². The van der Waals surface area contributed by atoms with Crippen molar-refractivity contribution in [3.8, 4) is 22.6 Å². The molecule has 30 heavy (non-hydrogen) atoms. The van der Waals surface area contributed by atoms with Crippen LogP contribution in [0.25, 0.3) is 11.1 Å². The van der Waals surface area contributed by atoms with Gasteiger partial charge in [-0.25, -0.2) is 0 Å². The minimum atomic E-state index is -0.176. The van der Waals surface area contributed by atoms with Crippen LogP contribution in [0.2, 0.25) is 0 Å². The van der Waals surface area contributed by atoms with Gasteiger partial charge in [-0.3, -0.25) is 0 Å². The van der Waals surface area contributed by atoms with Gasteiger partial charge in [0.1, 0.15) is 17.6 Å². The molecule has 3 nitrogen and oxygen atoms in total. The lowest BCUT2D eigenvalue weighted by atomic mass is 9.88. The van der Waals surface area contributed by atoms with Crippen molar-refractivity contribution < 1.29 is 9.47 Å². The topological polar surface area (TPSA) is 21.7 Å². The van der Waals surface area contributed by atoms with Gasteiger partial charge in [-0.15, -0.1) is 0 Å². The number of rotatable bonds is 4. The number of fused-ring (bicyclic) bond motifs is 3. The summed E-state index contributed by atoms with van der Waals surface area (Å²) in [7, 11) is 3.79. The van der Waals surface area contributed by atoms with Crippen molar-refractivity contribution in [3.05, 3.63) is 108 Å². The highest BCUT2D eigenvalue weighted by molar-refractivity contribution is 5.83. The third kappa shape index (κ3) is 3.09. The molecule has 1 aliphatic heterocycles. The van der Waals surface area contributed by atoms with Gasteiger partial charge < -0.3 is 14.4 Å². The number of hydrogen-bond donors (Lipinski definition) is 0. The quantitative estimate of drug-likeness (QED) is 0.389. The fourth-order valence-corrected chi connectivity index (χ4v) is 4.11. The molecule has 1 atom stereocenters. The highest BCUT2D eigenvalue weighted by Gasteiger charge is 2.30. The van der Waals surface area contributed by atoms with E-state index in [0.717, 1.165) is 45.1 Å². The predicted octanol–water partition coefficient (Wildman–Crippen LogP) is 6.61. The third-order valence-electron chi connectivity index (χ3n) is 5.67. The number of nitrogens with zero attached hydrogens (tertiary/aromatic N) is 1. The van der Waals surface area contributed by atoms with Gasteiger partial charge in [0.05, 0.1) is 12.7 Å². The van der Waals surface area contributed by atoms with Gasteiger partial charge in [0, 0.05) is 24.0 Å². The van der Waals surface area contributed by atoms with Gasteiger partial charge in [0.15, 0.2) is 0 Å². The zero-order valence-corrected chi connectivity index (χ0v) is 17.1. The summed E-state index contributed by atoms with van der Waals surface area (Å²) >= 11 is 0. The van der Waals surface area contributed by atoms with Crippen molar-refractivity contribution in [2.24, 2.45) is 0 Å². The van der Waals surface area contributed by atoms with E-state index in [1.54, 1.807) is 7.11 Å². The number of methoxy groups -OCH3 is 1. The fraction of sp³-hybridized carbons (Fsp3) is 0.111. The third-order valence-corrected chi connectivity index (χ3v) is 5.67. The van der Waals surface area contributed by atoms with Gasteiger partial charge in [-0.1, -0.05) is 60.7 Å². The molecular weight excluding hydrogens is 370 g/mol. The van der Waals surface area contributed by atoms with Crippen LogP contribution >= 0.6 is 0 Å². The maximum absolute atomic E-state index is 6.53. The number of para-hydroxylation sites is 1. The van der Waals surface area contributed by atoms with E-state index in [-0.39, 0.29) is 6.10 Å². The standard InChI is InChI=1S/C27H23NO2/c1-28(20-12-7-4-8-13-20)21-16-17-22-23(18-21)27(19-10-5-3-6-11-19)30-25-15-9-14-24(29-2)26(22)25/h3-18,27H,1-2H3. The first-order valence-electron chi connectivity index (χ1n) is 10.1. The molecule has 0 saturated carbocycles. The molecule has 1 aliphatic rings. The number of benzene rings is 4. The molecule has 0 saturated heterocycles.